The van der Waals surface area contributed by atoms with E-state index in [2.05, 4.69) is 22.0 Å². The number of carbonyl (C=O) groups excluding carboxylic acids is 1. The van der Waals surface area contributed by atoms with Gasteiger partial charge in [0.15, 0.2) is 11.5 Å². The predicted molar refractivity (Wildman–Crippen MR) is 117 cm³/mol. The van der Waals surface area contributed by atoms with Crippen molar-refractivity contribution in [1.82, 2.24) is 9.88 Å². The number of rotatable bonds is 6. The summed E-state index contributed by atoms with van der Waals surface area (Å²) in [5.41, 5.74) is 2.07. The molecule has 1 fully saturated rings. The van der Waals surface area contributed by atoms with Gasteiger partial charge < -0.3 is 19.4 Å². The van der Waals surface area contributed by atoms with Crippen molar-refractivity contribution in [2.75, 3.05) is 13.7 Å². The molecule has 1 saturated heterocycles. The number of hydrogen-bond donors (Lipinski definition) is 1. The first kappa shape index (κ1) is 18.6. The molecule has 2 heterocycles. The van der Waals surface area contributed by atoms with Gasteiger partial charge in [0.05, 0.1) is 18.6 Å². The summed E-state index contributed by atoms with van der Waals surface area (Å²) in [7, 11) is 1.63. The zero-order chi connectivity index (χ0) is 19.5. The summed E-state index contributed by atoms with van der Waals surface area (Å²) in [6.45, 7) is 1.16. The minimum atomic E-state index is -0.147. The first-order valence-corrected chi connectivity index (χ1v) is 9.97. The molecule has 0 atom stereocenters. The van der Waals surface area contributed by atoms with E-state index in [1.165, 1.54) is 11.8 Å². The van der Waals surface area contributed by atoms with Crippen LogP contribution in [0.4, 0.5) is 0 Å². The Morgan fingerprint density at radius 1 is 1.14 bits per heavy atom. The monoisotopic (exact) mass is 410 g/mol. The number of thiocarbonyl (C=S) groups is 1. The van der Waals surface area contributed by atoms with Crippen LogP contribution in [0.5, 0.6) is 11.5 Å². The number of fused-ring (bicyclic) bond motifs is 1. The van der Waals surface area contributed by atoms with Crippen LogP contribution in [0.15, 0.2) is 59.6 Å². The first-order valence-electron chi connectivity index (χ1n) is 8.74. The molecule has 0 saturated carbocycles. The summed E-state index contributed by atoms with van der Waals surface area (Å²) >= 11 is 6.36. The number of para-hydroxylation sites is 3. The number of benzene rings is 2. The van der Waals surface area contributed by atoms with Crippen molar-refractivity contribution in [3.63, 3.8) is 0 Å². The van der Waals surface area contributed by atoms with Crippen LogP contribution in [0.3, 0.4) is 0 Å². The molecule has 28 heavy (non-hydrogen) atoms. The lowest BCUT2D eigenvalue weighted by Gasteiger charge is -2.11. The Bertz CT molecular complexity index is 1090. The van der Waals surface area contributed by atoms with Crippen molar-refractivity contribution < 1.29 is 14.3 Å². The average molecular weight is 411 g/mol. The lowest BCUT2D eigenvalue weighted by atomic mass is 10.1. The summed E-state index contributed by atoms with van der Waals surface area (Å²) in [5, 5.41) is 3.74. The van der Waals surface area contributed by atoms with Crippen molar-refractivity contribution in [1.29, 1.82) is 0 Å². The van der Waals surface area contributed by atoms with E-state index in [1.54, 1.807) is 7.11 Å². The number of carbonyl (C=O) groups is 1. The molecule has 1 N–H and O–H groups in total. The molecule has 1 amide bonds. The second-order valence-corrected chi connectivity index (χ2v) is 7.87. The molecule has 2 aromatic carbocycles. The molecule has 0 aliphatic carbocycles. The van der Waals surface area contributed by atoms with E-state index in [4.69, 9.17) is 21.7 Å². The van der Waals surface area contributed by atoms with Crippen LogP contribution in [0.1, 0.15) is 5.56 Å². The molecular weight excluding hydrogens is 392 g/mol. The van der Waals surface area contributed by atoms with E-state index in [0.29, 0.717) is 28.1 Å². The Morgan fingerprint density at radius 3 is 2.64 bits per heavy atom. The van der Waals surface area contributed by atoms with Crippen LogP contribution in [0.25, 0.3) is 17.0 Å². The summed E-state index contributed by atoms with van der Waals surface area (Å²) in [4.78, 5) is 12.6. The number of thioether (sulfide) groups is 1. The lowest BCUT2D eigenvalue weighted by Crippen LogP contribution is -2.17. The number of nitrogens with zero attached hydrogens (tertiary/aromatic N) is 1. The zero-order valence-corrected chi connectivity index (χ0v) is 16.8. The zero-order valence-electron chi connectivity index (χ0n) is 15.2. The Hall–Kier alpha value is -2.77. The van der Waals surface area contributed by atoms with Crippen molar-refractivity contribution >= 4 is 51.2 Å². The summed E-state index contributed by atoms with van der Waals surface area (Å²) < 4.78 is 13.9. The van der Waals surface area contributed by atoms with E-state index in [1.807, 2.05) is 48.7 Å². The quantitative estimate of drug-likeness (QED) is 0.487. The topological polar surface area (TPSA) is 52.5 Å². The van der Waals surface area contributed by atoms with Crippen LogP contribution >= 0.6 is 24.0 Å². The fourth-order valence-corrected chi connectivity index (χ4v) is 4.16. The normalized spacial score (nSPS) is 15.2. The van der Waals surface area contributed by atoms with Gasteiger partial charge in [-0.1, -0.05) is 54.3 Å². The standard InChI is InChI=1S/C21H18N2O3S2/c1-25-17-8-4-5-9-18(17)26-11-10-23-13-14(15-6-2-3-7-16(15)23)12-19-20(24)22-21(27)28-19/h2-9,12-13H,10-11H2,1H3,(H,22,24,27). The van der Waals surface area contributed by atoms with Gasteiger partial charge in [0.1, 0.15) is 10.9 Å². The second kappa shape index (κ2) is 8.08. The highest BCUT2D eigenvalue weighted by Gasteiger charge is 2.22. The van der Waals surface area contributed by atoms with Crippen molar-refractivity contribution in [2.24, 2.45) is 0 Å². The van der Waals surface area contributed by atoms with Gasteiger partial charge in [0, 0.05) is 22.7 Å². The Kier molecular flexibility index (Phi) is 5.36. The molecule has 4 rings (SSSR count). The summed E-state index contributed by atoms with van der Waals surface area (Å²) in [6, 6.07) is 15.7. The molecule has 0 bridgehead atoms. The van der Waals surface area contributed by atoms with Crippen LogP contribution < -0.4 is 14.8 Å². The van der Waals surface area contributed by atoms with Crippen LogP contribution in [-0.4, -0.2) is 28.5 Å². The van der Waals surface area contributed by atoms with Gasteiger partial charge in [-0.15, -0.1) is 0 Å². The molecule has 3 aromatic rings. The Labute approximate surface area is 172 Å². The van der Waals surface area contributed by atoms with Crippen molar-refractivity contribution in [2.45, 2.75) is 6.54 Å². The molecule has 0 radical (unpaired) electrons. The largest absolute Gasteiger partial charge is 0.493 e. The number of ether oxygens (including phenoxy) is 2. The average Bonchev–Trinajstić information content (AvgIpc) is 3.22. The SMILES string of the molecule is COc1ccccc1OCCn1cc(C=C2SC(=S)NC2=O)c2ccccc21. The third-order valence-electron chi connectivity index (χ3n) is 4.41. The van der Waals surface area contributed by atoms with Gasteiger partial charge in [0.25, 0.3) is 5.91 Å². The number of methoxy groups -OCH3 is 1. The fraction of sp³-hybridized carbons (Fsp3) is 0.143. The van der Waals surface area contributed by atoms with Crippen LogP contribution in [0.2, 0.25) is 0 Å². The summed E-state index contributed by atoms with van der Waals surface area (Å²) in [5.74, 6) is 1.29. The number of hydrogen-bond acceptors (Lipinski definition) is 5. The molecule has 5 nitrogen and oxygen atoms in total. The number of aromatic nitrogens is 1. The molecule has 142 valence electrons. The Morgan fingerprint density at radius 2 is 1.89 bits per heavy atom. The maximum absolute atomic E-state index is 12.0. The second-order valence-electron chi connectivity index (χ2n) is 6.15. The maximum Gasteiger partial charge on any atom is 0.263 e. The maximum atomic E-state index is 12.0. The van der Waals surface area contributed by atoms with Crippen molar-refractivity contribution in [3.05, 3.63) is 65.2 Å². The highest BCUT2D eigenvalue weighted by atomic mass is 32.2. The molecule has 1 aromatic heterocycles. The molecule has 1 aliphatic heterocycles. The highest BCUT2D eigenvalue weighted by Crippen LogP contribution is 2.30. The smallest absolute Gasteiger partial charge is 0.263 e. The minimum Gasteiger partial charge on any atom is -0.493 e. The first-order chi connectivity index (χ1) is 13.7. The van der Waals surface area contributed by atoms with Crippen LogP contribution in [0, 0.1) is 0 Å². The van der Waals surface area contributed by atoms with Gasteiger partial charge >= 0.3 is 0 Å². The predicted octanol–water partition coefficient (Wildman–Crippen LogP) is 4.22. The van der Waals surface area contributed by atoms with Gasteiger partial charge in [-0.3, -0.25) is 4.79 Å². The van der Waals surface area contributed by atoms with E-state index in [0.717, 1.165) is 22.2 Å². The fourth-order valence-electron chi connectivity index (χ4n) is 3.13. The molecular formula is C21H18N2O3S2. The summed E-state index contributed by atoms with van der Waals surface area (Å²) in [6.07, 6.45) is 3.93. The van der Waals surface area contributed by atoms with Gasteiger partial charge in [-0.05, 0) is 24.3 Å². The van der Waals surface area contributed by atoms with E-state index in [9.17, 15) is 4.79 Å². The third kappa shape index (κ3) is 3.76. The highest BCUT2D eigenvalue weighted by molar-refractivity contribution is 8.26. The van der Waals surface area contributed by atoms with E-state index < -0.39 is 0 Å². The van der Waals surface area contributed by atoms with E-state index in [-0.39, 0.29) is 5.91 Å². The van der Waals surface area contributed by atoms with E-state index >= 15 is 0 Å². The van der Waals surface area contributed by atoms with Gasteiger partial charge in [-0.25, -0.2) is 0 Å². The minimum absolute atomic E-state index is 0.147. The molecule has 0 spiro atoms. The van der Waals surface area contributed by atoms with Gasteiger partial charge in [-0.2, -0.15) is 0 Å². The van der Waals surface area contributed by atoms with Crippen LogP contribution in [-0.2, 0) is 11.3 Å². The Balaban J connectivity index is 1.57. The number of amides is 1. The third-order valence-corrected chi connectivity index (χ3v) is 5.57. The van der Waals surface area contributed by atoms with Crippen molar-refractivity contribution in [3.8, 4) is 11.5 Å². The molecule has 0 unspecified atom stereocenters. The van der Waals surface area contributed by atoms with Gasteiger partial charge in [0.2, 0.25) is 0 Å². The number of nitrogens with one attached hydrogen (secondary N) is 1. The molecule has 1 aliphatic rings. The molecule has 7 heteroatoms. The lowest BCUT2D eigenvalue weighted by molar-refractivity contribution is -0.115.